The van der Waals surface area contributed by atoms with Crippen molar-refractivity contribution in [3.8, 4) is 6.07 Å². The Hall–Kier alpha value is -1.82. The van der Waals surface area contributed by atoms with Crippen LogP contribution >= 0.6 is 0 Å². The fourth-order valence-corrected chi connectivity index (χ4v) is 2.28. The highest BCUT2D eigenvalue weighted by molar-refractivity contribution is 5.84. The van der Waals surface area contributed by atoms with Crippen molar-refractivity contribution in [2.75, 3.05) is 13.1 Å². The maximum Gasteiger partial charge on any atom is 0.230 e. The smallest absolute Gasteiger partial charge is 0.230 e. The van der Waals surface area contributed by atoms with E-state index in [-0.39, 0.29) is 17.7 Å². The van der Waals surface area contributed by atoms with Gasteiger partial charge in [0.25, 0.3) is 0 Å². The van der Waals surface area contributed by atoms with Crippen LogP contribution in [0.3, 0.4) is 0 Å². The molecule has 1 rings (SSSR count). The van der Waals surface area contributed by atoms with E-state index in [0.717, 1.165) is 5.56 Å². The number of nitrogens with zero attached hydrogens (tertiary/aromatic N) is 2. The molecule has 0 aliphatic heterocycles. The van der Waals surface area contributed by atoms with E-state index in [4.69, 9.17) is 5.26 Å². The molecule has 1 amide bonds. The Kier molecular flexibility index (Phi) is 6.08. The predicted octanol–water partition coefficient (Wildman–Crippen LogP) is 3.19. The Morgan fingerprint density at radius 2 is 1.95 bits per heavy atom. The van der Waals surface area contributed by atoms with Crippen molar-refractivity contribution in [1.82, 2.24) is 4.90 Å². The van der Waals surface area contributed by atoms with Gasteiger partial charge in [-0.15, -0.1) is 0 Å². The molecule has 0 saturated carbocycles. The minimum Gasteiger partial charge on any atom is -0.341 e. The number of hydrogen-bond donors (Lipinski definition) is 0. The van der Waals surface area contributed by atoms with E-state index in [1.807, 2.05) is 37.3 Å². The van der Waals surface area contributed by atoms with Crippen molar-refractivity contribution in [3.05, 3.63) is 35.9 Å². The molecule has 1 aromatic rings. The molecule has 0 saturated heterocycles. The average molecular weight is 258 g/mol. The van der Waals surface area contributed by atoms with Crippen molar-refractivity contribution < 1.29 is 4.79 Å². The van der Waals surface area contributed by atoms with Gasteiger partial charge in [0.15, 0.2) is 0 Å². The molecule has 0 radical (unpaired) electrons. The summed E-state index contributed by atoms with van der Waals surface area (Å²) in [7, 11) is 0. The van der Waals surface area contributed by atoms with Crippen LogP contribution in [0.5, 0.6) is 0 Å². The summed E-state index contributed by atoms with van der Waals surface area (Å²) in [6.45, 7) is 7.25. The lowest BCUT2D eigenvalue weighted by Crippen LogP contribution is -2.37. The van der Waals surface area contributed by atoms with Crippen LogP contribution in [0.4, 0.5) is 0 Å². The number of carbonyl (C=O) groups is 1. The van der Waals surface area contributed by atoms with Crippen LogP contribution in [0, 0.1) is 17.2 Å². The van der Waals surface area contributed by atoms with E-state index in [1.54, 1.807) is 4.90 Å². The van der Waals surface area contributed by atoms with Gasteiger partial charge in [-0.25, -0.2) is 0 Å². The van der Waals surface area contributed by atoms with E-state index in [2.05, 4.69) is 19.9 Å². The van der Waals surface area contributed by atoms with Crippen LogP contribution in [0.1, 0.15) is 38.7 Å². The largest absolute Gasteiger partial charge is 0.341 e. The number of amides is 1. The molecule has 3 heteroatoms. The van der Waals surface area contributed by atoms with Crippen molar-refractivity contribution >= 4 is 5.91 Å². The molecule has 3 nitrogen and oxygen atoms in total. The molecule has 19 heavy (non-hydrogen) atoms. The molecule has 0 spiro atoms. The maximum atomic E-state index is 12.6. The van der Waals surface area contributed by atoms with Gasteiger partial charge in [-0.05, 0) is 18.4 Å². The summed E-state index contributed by atoms with van der Waals surface area (Å²) in [5, 5.41) is 8.67. The summed E-state index contributed by atoms with van der Waals surface area (Å²) in [4.78, 5) is 14.4. The fourth-order valence-electron chi connectivity index (χ4n) is 2.28. The normalized spacial score (nSPS) is 11.9. The molecular formula is C16H22N2O. The monoisotopic (exact) mass is 258 g/mol. The van der Waals surface area contributed by atoms with Crippen molar-refractivity contribution in [3.63, 3.8) is 0 Å². The standard InChI is InChI=1S/C16H22N2O/c1-4-18(12-8-11-17)16(19)15(13(2)3)14-9-6-5-7-10-14/h5-7,9-10,13,15H,4,8,12H2,1-3H3/t15-/m1/s1. The highest BCUT2D eigenvalue weighted by Crippen LogP contribution is 2.26. The zero-order chi connectivity index (χ0) is 14.3. The van der Waals surface area contributed by atoms with E-state index < -0.39 is 0 Å². The molecule has 0 aliphatic carbocycles. The van der Waals surface area contributed by atoms with E-state index in [1.165, 1.54) is 0 Å². The topological polar surface area (TPSA) is 44.1 Å². The second-order valence-corrected chi connectivity index (χ2v) is 4.96. The molecule has 0 aliphatic rings. The van der Waals surface area contributed by atoms with Crippen LogP contribution < -0.4 is 0 Å². The summed E-state index contributed by atoms with van der Waals surface area (Å²) in [6, 6.07) is 12.0. The van der Waals surface area contributed by atoms with Crippen LogP contribution in [0.2, 0.25) is 0 Å². The molecule has 0 aromatic heterocycles. The van der Waals surface area contributed by atoms with Crippen molar-refractivity contribution in [1.29, 1.82) is 5.26 Å². The molecule has 1 aromatic carbocycles. The lowest BCUT2D eigenvalue weighted by atomic mass is 9.87. The number of nitriles is 1. The van der Waals surface area contributed by atoms with E-state index in [0.29, 0.717) is 19.5 Å². The third-order valence-electron chi connectivity index (χ3n) is 3.28. The summed E-state index contributed by atoms with van der Waals surface area (Å²) in [5.74, 6) is 0.241. The van der Waals surface area contributed by atoms with Gasteiger partial charge >= 0.3 is 0 Å². The number of benzene rings is 1. The van der Waals surface area contributed by atoms with Gasteiger partial charge in [0.2, 0.25) is 5.91 Å². The molecular weight excluding hydrogens is 236 g/mol. The fraction of sp³-hybridized carbons (Fsp3) is 0.500. The van der Waals surface area contributed by atoms with Crippen molar-refractivity contribution in [2.45, 2.75) is 33.1 Å². The minimum absolute atomic E-state index is 0.124. The minimum atomic E-state index is -0.125. The van der Waals surface area contributed by atoms with Gasteiger partial charge in [-0.1, -0.05) is 44.2 Å². The van der Waals surface area contributed by atoms with Gasteiger partial charge in [-0.2, -0.15) is 5.26 Å². The summed E-state index contributed by atoms with van der Waals surface area (Å²) < 4.78 is 0. The lowest BCUT2D eigenvalue weighted by molar-refractivity contribution is -0.133. The number of carbonyl (C=O) groups excluding carboxylic acids is 1. The second kappa shape index (κ2) is 7.58. The summed E-state index contributed by atoms with van der Waals surface area (Å²) >= 11 is 0. The predicted molar refractivity (Wildman–Crippen MR) is 76.5 cm³/mol. The van der Waals surface area contributed by atoms with Gasteiger partial charge in [0.1, 0.15) is 0 Å². The number of likely N-dealkylation sites (N-methyl/N-ethyl adjacent to an activating group) is 1. The first kappa shape index (κ1) is 15.2. The molecule has 0 fully saturated rings. The highest BCUT2D eigenvalue weighted by Gasteiger charge is 2.27. The van der Waals surface area contributed by atoms with Crippen LogP contribution in [-0.4, -0.2) is 23.9 Å². The quantitative estimate of drug-likeness (QED) is 0.786. The number of rotatable bonds is 6. The van der Waals surface area contributed by atoms with E-state index in [9.17, 15) is 4.79 Å². The number of hydrogen-bond acceptors (Lipinski definition) is 2. The Labute approximate surface area is 115 Å². The molecule has 102 valence electrons. The molecule has 0 unspecified atom stereocenters. The van der Waals surface area contributed by atoms with Crippen LogP contribution in [0.25, 0.3) is 0 Å². The average Bonchev–Trinajstić information content (AvgIpc) is 2.40. The van der Waals surface area contributed by atoms with Gasteiger partial charge in [0.05, 0.1) is 18.4 Å². The maximum absolute atomic E-state index is 12.6. The van der Waals surface area contributed by atoms with Gasteiger partial charge in [0, 0.05) is 13.1 Å². The summed E-state index contributed by atoms with van der Waals surface area (Å²) in [5.41, 5.74) is 1.05. The van der Waals surface area contributed by atoms with Gasteiger partial charge < -0.3 is 4.90 Å². The molecule has 1 atom stereocenters. The first-order chi connectivity index (χ1) is 9.11. The molecule has 0 bridgehead atoms. The first-order valence-electron chi connectivity index (χ1n) is 6.82. The van der Waals surface area contributed by atoms with Gasteiger partial charge in [-0.3, -0.25) is 4.79 Å². The Bertz CT molecular complexity index is 434. The third-order valence-corrected chi connectivity index (χ3v) is 3.28. The summed E-state index contributed by atoms with van der Waals surface area (Å²) in [6.07, 6.45) is 0.388. The lowest BCUT2D eigenvalue weighted by Gasteiger charge is -2.28. The Balaban J connectivity index is 2.93. The molecule has 0 heterocycles. The Morgan fingerprint density at radius 1 is 1.32 bits per heavy atom. The zero-order valence-corrected chi connectivity index (χ0v) is 12.0. The first-order valence-corrected chi connectivity index (χ1v) is 6.82. The Morgan fingerprint density at radius 3 is 2.42 bits per heavy atom. The highest BCUT2D eigenvalue weighted by atomic mass is 16.2. The second-order valence-electron chi connectivity index (χ2n) is 4.96. The van der Waals surface area contributed by atoms with Crippen LogP contribution in [0.15, 0.2) is 30.3 Å². The van der Waals surface area contributed by atoms with E-state index >= 15 is 0 Å². The van der Waals surface area contributed by atoms with Crippen molar-refractivity contribution in [2.24, 2.45) is 5.92 Å². The zero-order valence-electron chi connectivity index (χ0n) is 12.0. The molecule has 0 N–H and O–H groups in total. The SMILES string of the molecule is CCN(CCC#N)C(=O)[C@@H](c1ccccc1)C(C)C. The third kappa shape index (κ3) is 4.10. The van der Waals surface area contributed by atoms with Crippen LogP contribution in [-0.2, 0) is 4.79 Å².